The lowest BCUT2D eigenvalue weighted by molar-refractivity contribution is 0.0930. The van der Waals surface area contributed by atoms with E-state index in [1.807, 2.05) is 0 Å². The van der Waals surface area contributed by atoms with E-state index in [4.69, 9.17) is 0 Å². The van der Waals surface area contributed by atoms with Crippen LogP contribution in [0.25, 0.3) is 0 Å². The summed E-state index contributed by atoms with van der Waals surface area (Å²) in [6.45, 7) is 5.10. The molecule has 1 fully saturated rings. The molecule has 1 aromatic heterocycles. The van der Waals surface area contributed by atoms with E-state index >= 15 is 0 Å². The molecule has 21 heavy (non-hydrogen) atoms. The molecule has 116 valence electrons. The first-order valence-electron chi connectivity index (χ1n) is 7.47. The number of anilines is 1. The van der Waals surface area contributed by atoms with Crippen LogP contribution < -0.4 is 10.6 Å². The SMILES string of the molecule is CNc1ncc(Br)cc1C(=O)NCC(C)N1CCCCC1. The second-order valence-corrected chi connectivity index (χ2v) is 6.37. The van der Waals surface area contributed by atoms with Crippen molar-refractivity contribution >= 4 is 27.7 Å². The van der Waals surface area contributed by atoms with Gasteiger partial charge in [0.2, 0.25) is 0 Å². The molecule has 2 rings (SSSR count). The Bertz CT molecular complexity index is 489. The molecular weight excluding hydrogens is 332 g/mol. The Kier molecular flexibility index (Phi) is 5.99. The van der Waals surface area contributed by atoms with Crippen molar-refractivity contribution in [1.29, 1.82) is 0 Å². The van der Waals surface area contributed by atoms with Gasteiger partial charge in [0.15, 0.2) is 0 Å². The van der Waals surface area contributed by atoms with Gasteiger partial charge in [0.05, 0.1) is 5.56 Å². The van der Waals surface area contributed by atoms with Crippen LogP contribution in [0.2, 0.25) is 0 Å². The maximum absolute atomic E-state index is 12.3. The highest BCUT2D eigenvalue weighted by atomic mass is 79.9. The number of pyridine rings is 1. The molecule has 2 heterocycles. The molecule has 0 bridgehead atoms. The molecule has 0 aromatic carbocycles. The normalized spacial score (nSPS) is 17.3. The van der Waals surface area contributed by atoms with E-state index in [9.17, 15) is 4.79 Å². The summed E-state index contributed by atoms with van der Waals surface area (Å²) in [7, 11) is 1.77. The third-order valence-electron chi connectivity index (χ3n) is 3.91. The van der Waals surface area contributed by atoms with Gasteiger partial charge in [0.25, 0.3) is 5.91 Å². The van der Waals surface area contributed by atoms with Gasteiger partial charge < -0.3 is 10.6 Å². The quantitative estimate of drug-likeness (QED) is 0.852. The fourth-order valence-corrected chi connectivity index (χ4v) is 2.97. The zero-order valence-corrected chi connectivity index (χ0v) is 14.2. The lowest BCUT2D eigenvalue weighted by Crippen LogP contribution is -2.44. The van der Waals surface area contributed by atoms with Crippen LogP contribution in [0.4, 0.5) is 5.82 Å². The minimum Gasteiger partial charge on any atom is -0.372 e. The van der Waals surface area contributed by atoms with Crippen molar-refractivity contribution in [3.63, 3.8) is 0 Å². The number of nitrogens with zero attached hydrogens (tertiary/aromatic N) is 2. The van der Waals surface area contributed by atoms with E-state index in [2.05, 4.69) is 43.4 Å². The number of carbonyl (C=O) groups excluding carboxylic acids is 1. The fraction of sp³-hybridized carbons (Fsp3) is 0.600. The Labute approximate surface area is 134 Å². The van der Waals surface area contributed by atoms with Crippen molar-refractivity contribution in [3.8, 4) is 0 Å². The summed E-state index contributed by atoms with van der Waals surface area (Å²) in [6, 6.07) is 2.16. The average molecular weight is 355 g/mol. The summed E-state index contributed by atoms with van der Waals surface area (Å²) in [4.78, 5) is 19.0. The zero-order valence-electron chi connectivity index (χ0n) is 12.7. The number of likely N-dealkylation sites (tertiary alicyclic amines) is 1. The van der Waals surface area contributed by atoms with E-state index in [-0.39, 0.29) is 5.91 Å². The molecule has 1 unspecified atom stereocenters. The molecule has 1 saturated heterocycles. The van der Waals surface area contributed by atoms with Gasteiger partial charge in [0, 0.05) is 30.3 Å². The minimum absolute atomic E-state index is 0.0861. The van der Waals surface area contributed by atoms with Crippen LogP contribution in [-0.2, 0) is 0 Å². The van der Waals surface area contributed by atoms with Crippen LogP contribution >= 0.6 is 15.9 Å². The molecule has 1 aliphatic heterocycles. The standard InChI is InChI=1S/C15H23BrN4O/c1-11(20-6-4-3-5-7-20)9-19-15(21)13-8-12(16)10-18-14(13)17-2/h8,10-11H,3-7,9H2,1-2H3,(H,17,18)(H,19,21). The van der Waals surface area contributed by atoms with Crippen LogP contribution in [0.5, 0.6) is 0 Å². The Morgan fingerprint density at radius 3 is 2.81 bits per heavy atom. The van der Waals surface area contributed by atoms with Crippen molar-refractivity contribution < 1.29 is 4.79 Å². The third-order valence-corrected chi connectivity index (χ3v) is 4.34. The number of hydrogen-bond donors (Lipinski definition) is 2. The predicted molar refractivity (Wildman–Crippen MR) is 88.7 cm³/mol. The minimum atomic E-state index is -0.0861. The van der Waals surface area contributed by atoms with Crippen molar-refractivity contribution in [2.24, 2.45) is 0 Å². The topological polar surface area (TPSA) is 57.3 Å². The molecule has 2 N–H and O–H groups in total. The van der Waals surface area contributed by atoms with Crippen molar-refractivity contribution in [2.45, 2.75) is 32.2 Å². The molecule has 0 aliphatic carbocycles. The third kappa shape index (κ3) is 4.41. The molecule has 5 nitrogen and oxygen atoms in total. The first-order valence-corrected chi connectivity index (χ1v) is 8.26. The molecule has 1 atom stereocenters. The number of carbonyl (C=O) groups is 1. The van der Waals surface area contributed by atoms with Gasteiger partial charge in [-0.1, -0.05) is 6.42 Å². The summed E-state index contributed by atoms with van der Waals surface area (Å²) in [6.07, 6.45) is 5.53. The number of rotatable bonds is 5. The lowest BCUT2D eigenvalue weighted by Gasteiger charge is -2.32. The predicted octanol–water partition coefficient (Wildman–Crippen LogP) is 2.49. The number of hydrogen-bond acceptors (Lipinski definition) is 4. The number of nitrogens with one attached hydrogen (secondary N) is 2. The fourth-order valence-electron chi connectivity index (χ4n) is 2.64. The summed E-state index contributed by atoms with van der Waals surface area (Å²) in [5.74, 6) is 0.512. The smallest absolute Gasteiger partial charge is 0.255 e. The highest BCUT2D eigenvalue weighted by molar-refractivity contribution is 9.10. The summed E-state index contributed by atoms with van der Waals surface area (Å²) < 4.78 is 0.802. The maximum atomic E-state index is 12.3. The highest BCUT2D eigenvalue weighted by Gasteiger charge is 2.18. The highest BCUT2D eigenvalue weighted by Crippen LogP contribution is 2.17. The first-order chi connectivity index (χ1) is 10.1. The van der Waals surface area contributed by atoms with Crippen LogP contribution in [0.15, 0.2) is 16.7 Å². The van der Waals surface area contributed by atoms with Gasteiger partial charge in [-0.2, -0.15) is 0 Å². The number of piperidine rings is 1. The van der Waals surface area contributed by atoms with Crippen LogP contribution in [-0.4, -0.2) is 48.5 Å². The van der Waals surface area contributed by atoms with Crippen LogP contribution in [0, 0.1) is 0 Å². The van der Waals surface area contributed by atoms with Gasteiger partial charge in [-0.3, -0.25) is 9.69 Å². The number of halogens is 1. The van der Waals surface area contributed by atoms with E-state index in [0.717, 1.165) is 17.6 Å². The van der Waals surface area contributed by atoms with Crippen molar-refractivity contribution in [3.05, 3.63) is 22.3 Å². The number of aromatic nitrogens is 1. The Hall–Kier alpha value is -1.14. The Balaban J connectivity index is 1.93. The molecule has 1 amide bonds. The van der Waals surface area contributed by atoms with Gasteiger partial charge in [-0.15, -0.1) is 0 Å². The largest absolute Gasteiger partial charge is 0.372 e. The molecule has 6 heteroatoms. The van der Waals surface area contributed by atoms with E-state index < -0.39 is 0 Å². The molecule has 0 radical (unpaired) electrons. The van der Waals surface area contributed by atoms with E-state index in [0.29, 0.717) is 24.0 Å². The van der Waals surface area contributed by atoms with Gasteiger partial charge in [0.1, 0.15) is 5.82 Å². The molecule has 1 aromatic rings. The lowest BCUT2D eigenvalue weighted by atomic mass is 10.1. The average Bonchev–Trinajstić information content (AvgIpc) is 2.53. The summed E-state index contributed by atoms with van der Waals surface area (Å²) in [5.41, 5.74) is 0.567. The van der Waals surface area contributed by atoms with Crippen LogP contribution in [0.3, 0.4) is 0 Å². The Morgan fingerprint density at radius 2 is 2.14 bits per heavy atom. The molecular formula is C15H23BrN4O. The zero-order chi connectivity index (χ0) is 15.2. The monoisotopic (exact) mass is 354 g/mol. The van der Waals surface area contributed by atoms with Gasteiger partial charge >= 0.3 is 0 Å². The molecule has 0 spiro atoms. The van der Waals surface area contributed by atoms with Crippen LogP contribution in [0.1, 0.15) is 36.5 Å². The second kappa shape index (κ2) is 7.75. The Morgan fingerprint density at radius 1 is 1.43 bits per heavy atom. The van der Waals surface area contributed by atoms with E-state index in [1.165, 1.54) is 19.3 Å². The summed E-state index contributed by atoms with van der Waals surface area (Å²) in [5, 5.41) is 5.97. The molecule has 0 saturated carbocycles. The van der Waals surface area contributed by atoms with Gasteiger partial charge in [-0.05, 0) is 54.9 Å². The second-order valence-electron chi connectivity index (χ2n) is 5.46. The van der Waals surface area contributed by atoms with Crippen molar-refractivity contribution in [1.82, 2.24) is 15.2 Å². The summed E-state index contributed by atoms with van der Waals surface area (Å²) >= 11 is 3.36. The van der Waals surface area contributed by atoms with Gasteiger partial charge in [-0.25, -0.2) is 4.98 Å². The van der Waals surface area contributed by atoms with Crippen molar-refractivity contribution in [2.75, 3.05) is 32.0 Å². The molecule has 1 aliphatic rings. The maximum Gasteiger partial charge on any atom is 0.255 e. The number of amides is 1. The first kappa shape index (κ1) is 16.2. The van der Waals surface area contributed by atoms with E-state index in [1.54, 1.807) is 19.3 Å².